The zero-order valence-corrected chi connectivity index (χ0v) is 17.2. The number of nitrogens with two attached hydrogens (primary N) is 1. The van der Waals surface area contributed by atoms with E-state index in [0.29, 0.717) is 23.9 Å². The van der Waals surface area contributed by atoms with Gasteiger partial charge in [0.15, 0.2) is 0 Å². The third-order valence-corrected chi connectivity index (χ3v) is 3.85. The predicted octanol–water partition coefficient (Wildman–Crippen LogP) is 4.21. The maximum Gasteiger partial charge on any atom is 0.227 e. The molecule has 0 spiro atoms. The molecule has 1 amide bonds. The fourth-order valence-electron chi connectivity index (χ4n) is 2.51. The Hall–Kier alpha value is -3.45. The molecule has 0 atom stereocenters. The van der Waals surface area contributed by atoms with Gasteiger partial charge in [0.05, 0.1) is 24.2 Å². The molecule has 0 saturated heterocycles. The lowest BCUT2D eigenvalue weighted by Gasteiger charge is -2.08. The van der Waals surface area contributed by atoms with Crippen molar-refractivity contribution in [2.75, 3.05) is 23.5 Å². The van der Waals surface area contributed by atoms with E-state index in [-0.39, 0.29) is 5.91 Å². The van der Waals surface area contributed by atoms with E-state index in [4.69, 9.17) is 10.5 Å². The lowest BCUT2D eigenvalue weighted by atomic mass is 10.1. The van der Waals surface area contributed by atoms with Crippen molar-refractivity contribution >= 4 is 28.9 Å². The lowest BCUT2D eigenvalue weighted by molar-refractivity contribution is -0.114. The first-order valence-electron chi connectivity index (χ1n) is 9.15. The summed E-state index contributed by atoms with van der Waals surface area (Å²) in [5.41, 5.74) is 11.0. The molecule has 0 saturated carbocycles. The van der Waals surface area contributed by atoms with Crippen molar-refractivity contribution in [2.45, 2.75) is 27.4 Å². The number of carbonyl (C=O) groups excluding carboxylic acids is 1. The standard InChI is InChI=1S/C13H15N5O.C9H12O/c1-8-12(14)7-15-13(16-8)18-11-5-3-4-10(6-11)17-9(2)19;1-8-4-3-5-9(6-8)7-10-2/h3-7H,14H2,1-2H3,(H,17,19)(H,15,16,18);3-6H,7H2,1-2H3. The average molecular weight is 393 g/mol. The Morgan fingerprint density at radius 1 is 1.10 bits per heavy atom. The first-order chi connectivity index (χ1) is 13.9. The van der Waals surface area contributed by atoms with Gasteiger partial charge in [-0.2, -0.15) is 0 Å². The summed E-state index contributed by atoms with van der Waals surface area (Å²) < 4.78 is 4.98. The van der Waals surface area contributed by atoms with E-state index in [1.807, 2.05) is 31.2 Å². The molecule has 0 unspecified atom stereocenters. The smallest absolute Gasteiger partial charge is 0.227 e. The Balaban J connectivity index is 0.000000253. The number of nitrogens with one attached hydrogen (secondary N) is 2. The second kappa shape index (κ2) is 10.8. The van der Waals surface area contributed by atoms with Gasteiger partial charge in [0, 0.05) is 25.4 Å². The number of ether oxygens (including phenoxy) is 1. The quantitative estimate of drug-likeness (QED) is 0.600. The number of anilines is 4. The molecule has 7 nitrogen and oxygen atoms in total. The van der Waals surface area contributed by atoms with Gasteiger partial charge >= 0.3 is 0 Å². The summed E-state index contributed by atoms with van der Waals surface area (Å²) in [7, 11) is 1.71. The maximum atomic E-state index is 11.0. The van der Waals surface area contributed by atoms with E-state index >= 15 is 0 Å². The number of amides is 1. The van der Waals surface area contributed by atoms with Crippen LogP contribution in [-0.4, -0.2) is 23.0 Å². The highest BCUT2D eigenvalue weighted by Gasteiger charge is 2.02. The van der Waals surface area contributed by atoms with Crippen molar-refractivity contribution in [1.82, 2.24) is 9.97 Å². The molecule has 0 radical (unpaired) electrons. The Morgan fingerprint density at radius 3 is 2.48 bits per heavy atom. The molecule has 1 heterocycles. The fraction of sp³-hybridized carbons (Fsp3) is 0.227. The van der Waals surface area contributed by atoms with Crippen molar-refractivity contribution in [2.24, 2.45) is 0 Å². The summed E-state index contributed by atoms with van der Waals surface area (Å²) in [4.78, 5) is 19.3. The number of rotatable bonds is 5. The minimum Gasteiger partial charge on any atom is -0.396 e. The van der Waals surface area contributed by atoms with Crippen LogP contribution in [-0.2, 0) is 16.1 Å². The van der Waals surface area contributed by atoms with Gasteiger partial charge in [-0.15, -0.1) is 0 Å². The van der Waals surface area contributed by atoms with Crippen LogP contribution in [0.15, 0.2) is 54.7 Å². The number of aryl methyl sites for hydroxylation is 2. The molecule has 2 aromatic carbocycles. The molecule has 0 fully saturated rings. The molecule has 3 rings (SSSR count). The highest BCUT2D eigenvalue weighted by molar-refractivity contribution is 5.89. The molecule has 3 aromatic rings. The summed E-state index contributed by atoms with van der Waals surface area (Å²) in [6, 6.07) is 15.6. The largest absolute Gasteiger partial charge is 0.396 e. The molecule has 152 valence electrons. The van der Waals surface area contributed by atoms with E-state index in [1.54, 1.807) is 19.4 Å². The molecule has 7 heteroatoms. The number of hydrogen-bond acceptors (Lipinski definition) is 6. The van der Waals surface area contributed by atoms with Crippen LogP contribution in [0.5, 0.6) is 0 Å². The number of benzene rings is 2. The van der Waals surface area contributed by atoms with E-state index in [0.717, 1.165) is 11.4 Å². The summed E-state index contributed by atoms with van der Waals surface area (Å²) in [5, 5.41) is 5.77. The topological polar surface area (TPSA) is 102 Å². The fourth-order valence-corrected chi connectivity index (χ4v) is 2.51. The number of methoxy groups -OCH3 is 1. The molecule has 4 N–H and O–H groups in total. The average Bonchev–Trinajstić information content (AvgIpc) is 2.65. The van der Waals surface area contributed by atoms with Crippen LogP contribution in [0, 0.1) is 13.8 Å². The van der Waals surface area contributed by atoms with Gasteiger partial charge in [-0.1, -0.05) is 35.9 Å². The Kier molecular flexibility index (Phi) is 8.12. The highest BCUT2D eigenvalue weighted by Crippen LogP contribution is 2.19. The normalized spacial score (nSPS) is 9.93. The SMILES string of the molecule is CC(=O)Nc1cccc(Nc2ncc(N)c(C)n2)c1.COCc1cccc(C)c1. The predicted molar refractivity (Wildman–Crippen MR) is 117 cm³/mol. The van der Waals surface area contributed by atoms with Crippen molar-refractivity contribution in [3.8, 4) is 0 Å². The minimum absolute atomic E-state index is 0.114. The summed E-state index contributed by atoms with van der Waals surface area (Å²) in [6.45, 7) is 6.07. The zero-order chi connectivity index (χ0) is 21.2. The molecule has 1 aromatic heterocycles. The Morgan fingerprint density at radius 2 is 1.83 bits per heavy atom. The number of hydrogen-bond donors (Lipinski definition) is 3. The monoisotopic (exact) mass is 393 g/mol. The van der Waals surface area contributed by atoms with Gasteiger partial charge in [0.2, 0.25) is 11.9 Å². The molecule has 0 bridgehead atoms. The second-order valence-corrected chi connectivity index (χ2v) is 6.54. The number of nitrogens with zero attached hydrogens (tertiary/aromatic N) is 2. The van der Waals surface area contributed by atoms with Gasteiger partial charge in [-0.05, 0) is 37.6 Å². The highest BCUT2D eigenvalue weighted by atomic mass is 16.5. The van der Waals surface area contributed by atoms with Crippen molar-refractivity contribution in [3.63, 3.8) is 0 Å². The molecule has 29 heavy (non-hydrogen) atoms. The summed E-state index contributed by atoms with van der Waals surface area (Å²) >= 11 is 0. The van der Waals surface area contributed by atoms with E-state index < -0.39 is 0 Å². The molecule has 0 aliphatic carbocycles. The molecular weight excluding hydrogens is 366 g/mol. The molecule has 0 aliphatic rings. The van der Waals surface area contributed by atoms with E-state index in [1.165, 1.54) is 18.1 Å². The van der Waals surface area contributed by atoms with Crippen LogP contribution in [0.3, 0.4) is 0 Å². The Bertz CT molecular complexity index is 959. The molecule has 0 aliphatic heterocycles. The van der Waals surface area contributed by atoms with Crippen LogP contribution >= 0.6 is 0 Å². The third-order valence-electron chi connectivity index (χ3n) is 3.85. The van der Waals surface area contributed by atoms with E-state index in [2.05, 4.69) is 45.7 Å². The second-order valence-electron chi connectivity index (χ2n) is 6.54. The van der Waals surface area contributed by atoms with Gasteiger partial charge < -0.3 is 21.1 Å². The van der Waals surface area contributed by atoms with Gasteiger partial charge in [-0.25, -0.2) is 9.97 Å². The van der Waals surface area contributed by atoms with Crippen molar-refractivity contribution in [1.29, 1.82) is 0 Å². The van der Waals surface area contributed by atoms with Gasteiger partial charge in [0.1, 0.15) is 0 Å². The van der Waals surface area contributed by atoms with E-state index in [9.17, 15) is 4.79 Å². The van der Waals surface area contributed by atoms with Gasteiger partial charge in [-0.3, -0.25) is 4.79 Å². The Labute approximate surface area is 171 Å². The van der Waals surface area contributed by atoms with Gasteiger partial charge in [0.25, 0.3) is 0 Å². The number of aromatic nitrogens is 2. The number of nitrogen functional groups attached to an aromatic ring is 1. The summed E-state index contributed by atoms with van der Waals surface area (Å²) in [5.74, 6) is 0.350. The first kappa shape index (κ1) is 21.8. The summed E-state index contributed by atoms with van der Waals surface area (Å²) in [6.07, 6.45) is 1.56. The van der Waals surface area contributed by atoms with Crippen LogP contribution < -0.4 is 16.4 Å². The van der Waals surface area contributed by atoms with Crippen molar-refractivity contribution < 1.29 is 9.53 Å². The zero-order valence-electron chi connectivity index (χ0n) is 17.2. The number of carbonyl (C=O) groups is 1. The maximum absolute atomic E-state index is 11.0. The van der Waals surface area contributed by atoms with Crippen LogP contribution in [0.1, 0.15) is 23.7 Å². The van der Waals surface area contributed by atoms with Crippen LogP contribution in [0.2, 0.25) is 0 Å². The molecular formula is C22H27N5O2. The third kappa shape index (κ3) is 7.59. The lowest BCUT2D eigenvalue weighted by Crippen LogP contribution is -2.06. The van der Waals surface area contributed by atoms with Crippen LogP contribution in [0.4, 0.5) is 23.0 Å². The van der Waals surface area contributed by atoms with Crippen LogP contribution in [0.25, 0.3) is 0 Å². The first-order valence-corrected chi connectivity index (χ1v) is 9.15. The minimum atomic E-state index is -0.114. The van der Waals surface area contributed by atoms with Crippen molar-refractivity contribution in [3.05, 3.63) is 71.5 Å².